The molecule has 0 unspecified atom stereocenters. The van der Waals surface area contributed by atoms with E-state index in [1.54, 1.807) is 6.92 Å². The molecule has 4 rings (SSSR count). The largest absolute Gasteiger partial charge is 0.456 e. The number of furan rings is 1. The first-order valence-electron chi connectivity index (χ1n) is 8.07. The van der Waals surface area contributed by atoms with Crippen molar-refractivity contribution < 1.29 is 14.0 Å². The summed E-state index contributed by atoms with van der Waals surface area (Å²) in [5.41, 5.74) is 2.02. The normalized spacial score (nSPS) is 16.2. The van der Waals surface area contributed by atoms with Gasteiger partial charge in [-0.1, -0.05) is 26.0 Å². The number of thioether (sulfide) groups is 1. The third-order valence-corrected chi connectivity index (χ3v) is 6.38. The Morgan fingerprint density at radius 2 is 2.04 bits per heavy atom. The highest BCUT2D eigenvalue weighted by molar-refractivity contribution is 8.15. The van der Waals surface area contributed by atoms with Crippen molar-refractivity contribution in [2.24, 2.45) is 5.41 Å². The van der Waals surface area contributed by atoms with Gasteiger partial charge in [-0.2, -0.15) is 0 Å². The Hall–Kier alpha value is -1.92. The van der Waals surface area contributed by atoms with Gasteiger partial charge in [-0.15, -0.1) is 11.3 Å². The lowest BCUT2D eigenvalue weighted by atomic mass is 9.76. The fourth-order valence-electron chi connectivity index (χ4n) is 3.30. The van der Waals surface area contributed by atoms with Crippen molar-refractivity contribution in [3.05, 3.63) is 46.9 Å². The van der Waals surface area contributed by atoms with E-state index >= 15 is 0 Å². The Morgan fingerprint density at radius 3 is 2.80 bits per heavy atom. The molecule has 1 aliphatic carbocycles. The molecule has 1 aromatic carbocycles. The van der Waals surface area contributed by atoms with Crippen LogP contribution in [0, 0.1) is 12.3 Å². The van der Waals surface area contributed by atoms with Crippen LogP contribution in [-0.2, 0) is 6.42 Å². The third-order valence-electron chi connectivity index (χ3n) is 4.42. The first-order valence-corrected chi connectivity index (χ1v) is 9.70. The molecule has 0 spiro atoms. The molecule has 0 atom stereocenters. The number of thiazole rings is 1. The summed E-state index contributed by atoms with van der Waals surface area (Å²) in [4.78, 5) is 29.6. The van der Waals surface area contributed by atoms with Crippen LogP contribution in [0.4, 0.5) is 0 Å². The maximum Gasteiger partial charge on any atom is 0.261 e. The summed E-state index contributed by atoms with van der Waals surface area (Å²) in [7, 11) is 0. The second kappa shape index (κ2) is 5.81. The molecular weight excluding hydrogens is 354 g/mol. The molecule has 0 fully saturated rings. The Morgan fingerprint density at radius 1 is 1.28 bits per heavy atom. The van der Waals surface area contributed by atoms with Gasteiger partial charge >= 0.3 is 0 Å². The summed E-state index contributed by atoms with van der Waals surface area (Å²) in [6.45, 7) is 5.89. The molecule has 0 saturated heterocycles. The quantitative estimate of drug-likeness (QED) is 0.573. The van der Waals surface area contributed by atoms with Crippen LogP contribution in [0.15, 0.2) is 33.0 Å². The van der Waals surface area contributed by atoms with Crippen LogP contribution in [0.5, 0.6) is 0 Å². The number of hydrogen-bond donors (Lipinski definition) is 0. The second-order valence-electron chi connectivity index (χ2n) is 7.13. The topological polar surface area (TPSA) is 60.2 Å². The highest BCUT2D eigenvalue weighted by Crippen LogP contribution is 2.40. The van der Waals surface area contributed by atoms with Crippen LogP contribution in [0.2, 0.25) is 0 Å². The summed E-state index contributed by atoms with van der Waals surface area (Å²) in [6, 6.07) is 7.79. The number of carbonyl (C=O) groups excluding carboxylic acids is 2. The Kier molecular flexibility index (Phi) is 3.85. The van der Waals surface area contributed by atoms with Crippen molar-refractivity contribution in [3.8, 4) is 0 Å². The van der Waals surface area contributed by atoms with E-state index in [1.165, 1.54) is 11.3 Å². The van der Waals surface area contributed by atoms with Crippen LogP contribution in [0.3, 0.4) is 0 Å². The molecule has 25 heavy (non-hydrogen) atoms. The molecule has 0 aliphatic heterocycles. The minimum absolute atomic E-state index is 0.0662. The number of Topliss-reactive ketones (excluding diaryl/α,β-unsaturated/α-hetero) is 1. The Labute approximate surface area is 153 Å². The maximum absolute atomic E-state index is 12.7. The lowest BCUT2D eigenvalue weighted by molar-refractivity contribution is 0.0900. The predicted molar refractivity (Wildman–Crippen MR) is 99.7 cm³/mol. The van der Waals surface area contributed by atoms with Gasteiger partial charge in [0, 0.05) is 18.4 Å². The fourth-order valence-corrected chi connectivity index (χ4v) is 5.25. The van der Waals surface area contributed by atoms with Crippen LogP contribution in [0.25, 0.3) is 10.2 Å². The number of benzene rings is 1. The Bertz CT molecular complexity index is 980. The Balaban J connectivity index is 1.66. The maximum atomic E-state index is 12.7. The van der Waals surface area contributed by atoms with Gasteiger partial charge in [0.05, 0.1) is 15.8 Å². The highest BCUT2D eigenvalue weighted by atomic mass is 32.2. The van der Waals surface area contributed by atoms with Gasteiger partial charge < -0.3 is 4.42 Å². The van der Waals surface area contributed by atoms with Gasteiger partial charge in [-0.05, 0) is 36.2 Å². The predicted octanol–water partition coefficient (Wildman–Crippen LogP) is 5.29. The van der Waals surface area contributed by atoms with E-state index in [-0.39, 0.29) is 22.1 Å². The first-order chi connectivity index (χ1) is 11.8. The second-order valence-corrected chi connectivity index (χ2v) is 9.38. The molecule has 0 N–H and O–H groups in total. The molecule has 0 radical (unpaired) electrons. The SMILES string of the molecule is Cc1c(C(=O)Sc2nc3ccccc3s2)oc2c1C(=O)CC(C)(C)C2. The van der Waals surface area contributed by atoms with Gasteiger partial charge in [-0.3, -0.25) is 9.59 Å². The van der Waals surface area contributed by atoms with Gasteiger partial charge in [0.15, 0.2) is 15.9 Å². The molecule has 0 saturated carbocycles. The van der Waals surface area contributed by atoms with E-state index in [0.29, 0.717) is 34.1 Å². The van der Waals surface area contributed by atoms with E-state index in [9.17, 15) is 9.59 Å². The van der Waals surface area contributed by atoms with Gasteiger partial charge in [0.1, 0.15) is 5.76 Å². The molecule has 128 valence electrons. The number of ketones is 1. The van der Waals surface area contributed by atoms with E-state index in [2.05, 4.69) is 4.98 Å². The standard InChI is InChI=1S/C19H17NO3S2/c1-10-15-12(21)8-19(2,3)9-13(15)23-16(10)17(22)25-18-20-11-6-4-5-7-14(11)24-18/h4-7H,8-9H2,1-3H3. The van der Waals surface area contributed by atoms with Crippen LogP contribution in [-0.4, -0.2) is 15.9 Å². The zero-order valence-corrected chi connectivity index (χ0v) is 15.8. The molecule has 0 amide bonds. The highest BCUT2D eigenvalue weighted by Gasteiger charge is 2.37. The zero-order chi connectivity index (χ0) is 17.8. The van der Waals surface area contributed by atoms with Crippen molar-refractivity contribution in [2.45, 2.75) is 38.0 Å². The molecule has 1 aliphatic rings. The van der Waals surface area contributed by atoms with Crippen molar-refractivity contribution in [1.29, 1.82) is 0 Å². The molecule has 2 aromatic heterocycles. The van der Waals surface area contributed by atoms with E-state index in [0.717, 1.165) is 22.0 Å². The average molecular weight is 371 g/mol. The first kappa shape index (κ1) is 16.5. The smallest absolute Gasteiger partial charge is 0.261 e. The van der Waals surface area contributed by atoms with Gasteiger partial charge in [0.2, 0.25) is 0 Å². The van der Waals surface area contributed by atoms with E-state index in [4.69, 9.17) is 4.42 Å². The molecular formula is C19H17NO3S2. The number of hydrogen-bond acceptors (Lipinski definition) is 6. The molecule has 0 bridgehead atoms. The number of carbonyl (C=O) groups is 2. The van der Waals surface area contributed by atoms with Crippen molar-refractivity contribution in [2.75, 3.05) is 0 Å². The lowest BCUT2D eigenvalue weighted by Crippen LogP contribution is -2.26. The van der Waals surface area contributed by atoms with Gasteiger partial charge in [0.25, 0.3) is 5.12 Å². The number of nitrogens with zero attached hydrogens (tertiary/aromatic N) is 1. The van der Waals surface area contributed by atoms with Crippen molar-refractivity contribution in [1.82, 2.24) is 4.98 Å². The van der Waals surface area contributed by atoms with E-state index < -0.39 is 0 Å². The van der Waals surface area contributed by atoms with Crippen molar-refractivity contribution in [3.63, 3.8) is 0 Å². The minimum Gasteiger partial charge on any atom is -0.456 e. The monoisotopic (exact) mass is 371 g/mol. The molecule has 2 heterocycles. The van der Waals surface area contributed by atoms with Crippen LogP contribution in [0.1, 0.15) is 52.5 Å². The summed E-state index contributed by atoms with van der Waals surface area (Å²) in [5.74, 6) is 0.990. The minimum atomic E-state index is -0.198. The van der Waals surface area contributed by atoms with Crippen molar-refractivity contribution >= 4 is 44.2 Å². The number of fused-ring (bicyclic) bond motifs is 2. The summed E-state index contributed by atoms with van der Waals surface area (Å²) in [5, 5.41) is -0.198. The molecule has 4 nitrogen and oxygen atoms in total. The number of para-hydroxylation sites is 1. The van der Waals surface area contributed by atoms with Crippen LogP contribution < -0.4 is 0 Å². The number of rotatable bonds is 2. The summed E-state index contributed by atoms with van der Waals surface area (Å²) < 4.78 is 7.57. The van der Waals surface area contributed by atoms with E-state index in [1.807, 2.05) is 38.1 Å². The molecule has 6 heteroatoms. The van der Waals surface area contributed by atoms with Crippen LogP contribution >= 0.6 is 23.1 Å². The molecule has 3 aromatic rings. The lowest BCUT2D eigenvalue weighted by Gasteiger charge is -2.27. The zero-order valence-electron chi connectivity index (χ0n) is 14.2. The van der Waals surface area contributed by atoms with Gasteiger partial charge in [-0.25, -0.2) is 4.98 Å². The summed E-state index contributed by atoms with van der Waals surface area (Å²) >= 11 is 2.55. The average Bonchev–Trinajstić information content (AvgIpc) is 3.06. The fraction of sp³-hybridized carbons (Fsp3) is 0.316. The number of aromatic nitrogens is 1. The third kappa shape index (κ3) is 2.93. The summed E-state index contributed by atoms with van der Waals surface area (Å²) in [6.07, 6.45) is 1.16.